The largest absolute Gasteiger partial charge is 0.444 e. The molecule has 0 bridgehead atoms. The molecule has 0 unspecified atom stereocenters. The average molecular weight is 691 g/mol. The minimum absolute atomic E-state index is 0.168. The minimum Gasteiger partial charge on any atom is -0.444 e. The molecule has 0 radical (unpaired) electrons. The van der Waals surface area contributed by atoms with Crippen LogP contribution < -0.4 is 16.0 Å². The Morgan fingerprint density at radius 3 is 1.40 bits per heavy atom. The molecule has 0 aromatic rings. The molecule has 2 heterocycles. The van der Waals surface area contributed by atoms with Crippen molar-refractivity contribution in [3.05, 3.63) is 0 Å². The first-order chi connectivity index (χ1) is 21.0. The average Bonchev–Trinajstić information content (AvgIpc) is 2.96. The molecule has 0 aliphatic carbocycles. The van der Waals surface area contributed by atoms with Gasteiger partial charge in [-0.05, 0) is 20.8 Å². The zero-order valence-electron chi connectivity index (χ0n) is 25.2. The fourth-order valence-corrected chi connectivity index (χ4v) is 5.96. The van der Waals surface area contributed by atoms with Gasteiger partial charge in [-0.2, -0.15) is 0 Å². The molecule has 2 aliphatic heterocycles. The van der Waals surface area contributed by atoms with Crippen LogP contribution in [0.5, 0.6) is 0 Å². The number of nitrogens with one attached hydrogen (secondary N) is 3. The lowest BCUT2D eigenvalue weighted by atomic mass is 10.1. The predicted molar refractivity (Wildman–Crippen MR) is 159 cm³/mol. The van der Waals surface area contributed by atoms with E-state index in [1.54, 1.807) is 20.8 Å². The monoisotopic (exact) mass is 690 g/mol. The molecule has 10 atom stereocenters. The molecule has 0 spiro atoms. The van der Waals surface area contributed by atoms with Gasteiger partial charge in [-0.25, -0.2) is 4.79 Å². The molecular weight excluding hydrogens is 644 g/mol. The van der Waals surface area contributed by atoms with Gasteiger partial charge in [-0.3, -0.25) is 14.5 Å². The summed E-state index contributed by atoms with van der Waals surface area (Å²) in [6.45, 7) is 6.66. The standard InChI is InChI=1S/C25H46N4O14S2/c1-25(2,3)43-24(40)28-6-9-29(7-4-26-12(30)10-44-22-18(36)14(32)16(34)20(38)41-22)8-5-27-13(31)11-45-23-19(37)15(33)17(35)21(39)42-23/h14-23,32-39H,4-11H2,1-3H3,(H,26,30)(H,27,31)(H,28,40)/t14-,15-,16+,17+,18+,19+,20-,21-,22-,23-/m0/s1. The normalized spacial score (nSPS) is 32.2. The van der Waals surface area contributed by atoms with Crippen LogP contribution in [0.1, 0.15) is 20.8 Å². The van der Waals surface area contributed by atoms with Crippen molar-refractivity contribution in [2.45, 2.75) is 86.4 Å². The van der Waals surface area contributed by atoms with Crippen LogP contribution in [0.15, 0.2) is 0 Å². The molecule has 0 aromatic heterocycles. The number of carbonyl (C=O) groups is 3. The van der Waals surface area contributed by atoms with Crippen LogP contribution in [0.3, 0.4) is 0 Å². The summed E-state index contributed by atoms with van der Waals surface area (Å²) >= 11 is 1.66. The first-order valence-corrected chi connectivity index (χ1v) is 16.3. The number of aliphatic hydroxyl groups excluding tert-OH is 8. The molecule has 2 saturated heterocycles. The first kappa shape index (κ1) is 39.6. The molecule has 2 rings (SSSR count). The quantitative estimate of drug-likeness (QED) is 0.0767. The van der Waals surface area contributed by atoms with Crippen LogP contribution in [0.25, 0.3) is 0 Å². The van der Waals surface area contributed by atoms with Crippen LogP contribution in [-0.4, -0.2) is 180 Å². The fraction of sp³-hybridized carbons (Fsp3) is 0.880. The third-order valence-electron chi connectivity index (χ3n) is 6.44. The van der Waals surface area contributed by atoms with E-state index in [1.165, 1.54) is 0 Å². The molecule has 3 amide bonds. The summed E-state index contributed by atoms with van der Waals surface area (Å²) in [6.07, 6.45) is -13.7. The lowest BCUT2D eigenvalue weighted by Gasteiger charge is -2.37. The second-order valence-corrected chi connectivity index (χ2v) is 13.5. The van der Waals surface area contributed by atoms with Crippen molar-refractivity contribution in [3.63, 3.8) is 0 Å². The maximum Gasteiger partial charge on any atom is 0.407 e. The zero-order valence-corrected chi connectivity index (χ0v) is 26.9. The van der Waals surface area contributed by atoms with E-state index in [2.05, 4.69) is 16.0 Å². The van der Waals surface area contributed by atoms with Crippen molar-refractivity contribution in [1.82, 2.24) is 20.9 Å². The Labute approximate surface area is 268 Å². The smallest absolute Gasteiger partial charge is 0.407 e. The SMILES string of the molecule is CC(C)(C)OC(=O)NCCN(CCNC(=O)CS[C@@H]1O[C@H](O)[C@H](O)[C@H](O)[C@H]1O)CCNC(=O)CS[C@@H]1O[C@H](O)[C@H](O)[C@H](O)[C@H]1O. The number of hydrogen-bond acceptors (Lipinski definition) is 17. The summed E-state index contributed by atoms with van der Waals surface area (Å²) in [6, 6.07) is 0. The van der Waals surface area contributed by atoms with Crippen LogP contribution in [0.4, 0.5) is 4.79 Å². The van der Waals surface area contributed by atoms with Gasteiger partial charge in [-0.1, -0.05) is 0 Å². The van der Waals surface area contributed by atoms with E-state index in [-0.39, 0.29) is 31.1 Å². The Hall–Kier alpha value is -1.53. The van der Waals surface area contributed by atoms with E-state index in [4.69, 9.17) is 14.2 Å². The van der Waals surface area contributed by atoms with Crippen LogP contribution in [0.2, 0.25) is 0 Å². The summed E-state index contributed by atoms with van der Waals surface area (Å²) in [5, 5.41) is 86.0. The van der Waals surface area contributed by atoms with Gasteiger partial charge in [0.2, 0.25) is 11.8 Å². The zero-order chi connectivity index (χ0) is 33.9. The second kappa shape index (κ2) is 18.7. The van der Waals surface area contributed by atoms with Crippen LogP contribution in [-0.2, 0) is 23.8 Å². The van der Waals surface area contributed by atoms with Crippen molar-refractivity contribution >= 4 is 41.4 Å². The molecule has 18 nitrogen and oxygen atoms in total. The Morgan fingerprint density at radius 2 is 1.02 bits per heavy atom. The number of alkyl carbamates (subject to hydrolysis) is 1. The summed E-state index contributed by atoms with van der Waals surface area (Å²) in [5.74, 6) is -1.23. The Kier molecular flexibility index (Phi) is 16.5. The number of amides is 3. The lowest BCUT2D eigenvalue weighted by molar-refractivity contribution is -0.261. The number of ether oxygens (including phenoxy) is 3. The molecule has 0 aromatic carbocycles. The van der Waals surface area contributed by atoms with Gasteiger partial charge < -0.3 is 71.0 Å². The van der Waals surface area contributed by atoms with Gasteiger partial charge in [0.15, 0.2) is 12.6 Å². The fourth-order valence-electron chi connectivity index (χ4n) is 4.03. The van der Waals surface area contributed by atoms with E-state index in [0.29, 0.717) is 19.6 Å². The Balaban J connectivity index is 1.79. The van der Waals surface area contributed by atoms with Gasteiger partial charge in [-0.15, -0.1) is 23.5 Å². The van der Waals surface area contributed by atoms with E-state index < -0.39 is 83.6 Å². The van der Waals surface area contributed by atoms with E-state index in [1.807, 2.05) is 4.90 Å². The van der Waals surface area contributed by atoms with Gasteiger partial charge in [0.25, 0.3) is 0 Å². The van der Waals surface area contributed by atoms with Crippen molar-refractivity contribution < 1.29 is 69.4 Å². The van der Waals surface area contributed by atoms with Crippen molar-refractivity contribution in [2.75, 3.05) is 50.8 Å². The lowest BCUT2D eigenvalue weighted by Crippen LogP contribution is -2.56. The highest BCUT2D eigenvalue weighted by atomic mass is 32.2. The van der Waals surface area contributed by atoms with Crippen LogP contribution in [0, 0.1) is 0 Å². The van der Waals surface area contributed by atoms with Crippen LogP contribution >= 0.6 is 23.5 Å². The van der Waals surface area contributed by atoms with E-state index in [0.717, 1.165) is 23.5 Å². The Bertz CT molecular complexity index is 894. The molecule has 0 saturated carbocycles. The third kappa shape index (κ3) is 13.6. The molecule has 20 heteroatoms. The second-order valence-electron chi connectivity index (χ2n) is 11.3. The maximum atomic E-state index is 12.4. The number of carbonyl (C=O) groups excluding carboxylic acids is 3. The molecule has 262 valence electrons. The van der Waals surface area contributed by atoms with Gasteiger partial charge in [0.05, 0.1) is 11.5 Å². The van der Waals surface area contributed by atoms with E-state index >= 15 is 0 Å². The van der Waals surface area contributed by atoms with Crippen molar-refractivity contribution in [3.8, 4) is 0 Å². The topological polar surface area (TPSA) is 280 Å². The molecule has 2 fully saturated rings. The summed E-state index contributed by atoms with van der Waals surface area (Å²) in [7, 11) is 0. The van der Waals surface area contributed by atoms with Gasteiger partial charge in [0, 0.05) is 39.3 Å². The van der Waals surface area contributed by atoms with Crippen molar-refractivity contribution in [2.24, 2.45) is 0 Å². The number of hydrogen-bond donors (Lipinski definition) is 11. The maximum absolute atomic E-state index is 12.4. The number of rotatable bonds is 15. The molecular formula is C25H46N4O14S2. The summed E-state index contributed by atoms with van der Waals surface area (Å²) in [4.78, 5) is 38.6. The van der Waals surface area contributed by atoms with Gasteiger partial charge >= 0.3 is 6.09 Å². The highest BCUT2D eigenvalue weighted by Crippen LogP contribution is 2.28. The molecule has 11 N–H and O–H groups in total. The first-order valence-electron chi connectivity index (χ1n) is 14.2. The van der Waals surface area contributed by atoms with E-state index in [9.17, 15) is 55.2 Å². The Morgan fingerprint density at radius 1 is 0.644 bits per heavy atom. The minimum atomic E-state index is -1.71. The summed E-state index contributed by atoms with van der Waals surface area (Å²) < 4.78 is 15.3. The highest BCUT2D eigenvalue weighted by Gasteiger charge is 2.44. The number of nitrogens with zero attached hydrogens (tertiary/aromatic N) is 1. The van der Waals surface area contributed by atoms with Crippen molar-refractivity contribution in [1.29, 1.82) is 0 Å². The number of thioether (sulfide) groups is 2. The summed E-state index contributed by atoms with van der Waals surface area (Å²) in [5.41, 5.74) is -2.97. The number of aliphatic hydroxyl groups is 8. The van der Waals surface area contributed by atoms with Gasteiger partial charge in [0.1, 0.15) is 53.1 Å². The third-order valence-corrected chi connectivity index (χ3v) is 8.74. The highest BCUT2D eigenvalue weighted by molar-refractivity contribution is 8.00. The predicted octanol–water partition coefficient (Wildman–Crippen LogP) is -4.97. The molecule has 45 heavy (non-hydrogen) atoms. The molecule has 2 aliphatic rings.